The minimum Gasteiger partial charge on any atom is -0.476 e. The Hall–Kier alpha value is 0.360. The van der Waals surface area contributed by atoms with E-state index in [1.54, 1.807) is 0 Å². The first-order valence-electron chi connectivity index (χ1n) is 1.24. The summed E-state index contributed by atoms with van der Waals surface area (Å²) in [6.07, 6.45) is 0. The molecule has 0 aromatic rings. The smallest absolute Gasteiger partial charge is 0.417 e. The van der Waals surface area contributed by atoms with Gasteiger partial charge in [-0.1, -0.05) is 0 Å². The van der Waals surface area contributed by atoms with E-state index < -0.39 is 11.4 Å². The molecule has 0 unspecified atom stereocenters. The minimum absolute atomic E-state index is 0. The van der Waals surface area contributed by atoms with Crippen LogP contribution in [0.5, 0.6) is 0 Å². The van der Waals surface area contributed by atoms with Crippen molar-refractivity contribution in [3.05, 3.63) is 0 Å². The van der Waals surface area contributed by atoms with Crippen LogP contribution in [0.25, 0.3) is 0 Å². The maximum Gasteiger partial charge on any atom is 0.417 e. The summed E-state index contributed by atoms with van der Waals surface area (Å²) in [4.78, 5) is 9.14. The molecule has 0 fully saturated rings. The van der Waals surface area contributed by atoms with E-state index in [4.69, 9.17) is 9.90 Å². The molecule has 53 valence electrons. The van der Waals surface area contributed by atoms with Gasteiger partial charge < -0.3 is 5.11 Å². The van der Waals surface area contributed by atoms with Crippen LogP contribution >= 0.6 is 11.6 Å². The molecule has 0 atom stereocenters. The second-order valence-electron chi connectivity index (χ2n) is 0.803. The number of hydrogen-bond donors (Lipinski definition) is 1. The summed E-state index contributed by atoms with van der Waals surface area (Å²) in [5, 5.41) is 3.26. The predicted molar refractivity (Wildman–Crippen MR) is 18.4 cm³/mol. The third kappa shape index (κ3) is 4.52. The Morgan fingerprint density at radius 1 is 1.62 bits per heavy atom. The van der Waals surface area contributed by atoms with E-state index in [1.165, 1.54) is 0 Å². The van der Waals surface area contributed by atoms with Crippen LogP contribution in [-0.4, -0.2) is 16.5 Å². The Kier molecular flexibility index (Phi) is 4.76. The van der Waals surface area contributed by atoms with Crippen molar-refractivity contribution in [1.82, 2.24) is 0 Å². The summed E-state index contributed by atoms with van der Waals surface area (Å²) in [7, 11) is 0. The topological polar surface area (TPSA) is 37.3 Å². The average molecular weight is 238 g/mol. The minimum atomic E-state index is -4.11. The molecule has 6 heteroatoms. The van der Waals surface area contributed by atoms with Gasteiger partial charge in [0, 0.05) is 22.4 Å². The molecule has 2 nitrogen and oxygen atoms in total. The molecule has 0 aromatic carbocycles. The molecule has 0 saturated carbocycles. The van der Waals surface area contributed by atoms with E-state index >= 15 is 0 Å². The van der Waals surface area contributed by atoms with Gasteiger partial charge in [0.25, 0.3) is 0 Å². The Morgan fingerprint density at radius 3 is 1.75 bits per heavy atom. The number of alkyl halides is 3. The van der Waals surface area contributed by atoms with Crippen molar-refractivity contribution < 1.29 is 41.1 Å². The van der Waals surface area contributed by atoms with Crippen LogP contribution < -0.4 is 0 Å². The molecule has 0 aliphatic carbocycles. The van der Waals surface area contributed by atoms with Crippen molar-refractivity contribution in [2.75, 3.05) is 0 Å². The van der Waals surface area contributed by atoms with Crippen LogP contribution in [0.1, 0.15) is 0 Å². The number of halogens is 3. The number of carboxylic acids is 1. The zero-order valence-corrected chi connectivity index (χ0v) is 5.53. The van der Waals surface area contributed by atoms with Gasteiger partial charge in [-0.3, -0.25) is 0 Å². The zero-order valence-electron chi connectivity index (χ0n) is 3.29. The maximum absolute atomic E-state index is 11.0. The van der Waals surface area contributed by atoms with Crippen LogP contribution in [0.2, 0.25) is 0 Å². The summed E-state index contributed by atoms with van der Waals surface area (Å²) in [6, 6.07) is 0. The Balaban J connectivity index is 0. The number of rotatable bonds is 1. The van der Waals surface area contributed by atoms with Crippen molar-refractivity contribution in [2.45, 2.75) is 5.38 Å². The van der Waals surface area contributed by atoms with Crippen molar-refractivity contribution in [3.8, 4) is 0 Å². The molecule has 8 heavy (non-hydrogen) atoms. The van der Waals surface area contributed by atoms with Crippen LogP contribution in [0.3, 0.4) is 0 Å². The number of carbonyl (C=O) groups is 1. The quantitative estimate of drug-likeness (QED) is 0.544. The van der Waals surface area contributed by atoms with Crippen molar-refractivity contribution in [1.29, 1.82) is 0 Å². The van der Waals surface area contributed by atoms with Crippen molar-refractivity contribution in [3.63, 3.8) is 0 Å². The fourth-order valence-corrected chi connectivity index (χ4v) is 0. The molecule has 0 saturated heterocycles. The molecule has 0 heterocycles. The number of hydrogen-bond acceptors (Lipinski definition) is 1. The first kappa shape index (κ1) is 11.2. The van der Waals surface area contributed by atoms with Gasteiger partial charge in [-0.25, -0.2) is 4.79 Å². The van der Waals surface area contributed by atoms with Gasteiger partial charge in [-0.05, 0) is 11.6 Å². The standard InChI is InChI=1S/C2HClF2O2.Ag/c3-2(4,5)1(6)7;/h(H,6,7);. The molecule has 0 aliphatic heterocycles. The Labute approximate surface area is 64.3 Å². The third-order valence-corrected chi connectivity index (χ3v) is 0.404. The zero-order chi connectivity index (χ0) is 6.08. The molecule has 0 spiro atoms. The molecular weight excluding hydrogens is 237 g/mol. The van der Waals surface area contributed by atoms with Gasteiger partial charge in [0.2, 0.25) is 0 Å². The molecule has 0 bridgehead atoms. The van der Waals surface area contributed by atoms with E-state index in [9.17, 15) is 8.78 Å². The van der Waals surface area contributed by atoms with Crippen LogP contribution in [0.4, 0.5) is 8.78 Å². The largest absolute Gasteiger partial charge is 0.476 e. The summed E-state index contributed by atoms with van der Waals surface area (Å²) in [5.41, 5.74) is 0. The van der Waals surface area contributed by atoms with Crippen molar-refractivity contribution in [2.24, 2.45) is 0 Å². The monoisotopic (exact) mass is 237 g/mol. The summed E-state index contributed by atoms with van der Waals surface area (Å²) < 4.78 is 22.0. The fraction of sp³-hybridized carbons (Fsp3) is 0.500. The Bertz CT molecular complexity index is 90.5. The van der Waals surface area contributed by atoms with Gasteiger partial charge in [-0.2, -0.15) is 8.78 Å². The average Bonchev–Trinajstić information content (AvgIpc) is 1.31. The molecule has 0 aliphatic rings. The SMILES string of the molecule is O=C(O)C(F)(F)Cl.[Ag]. The number of aliphatic carboxylic acids is 1. The predicted octanol–water partition coefficient (Wildman–Crippen LogP) is 0.900. The normalized spacial score (nSPS) is 9.88. The molecule has 0 amide bonds. The molecular formula is C2HAgClF2O2. The molecule has 0 rings (SSSR count). The van der Waals surface area contributed by atoms with Gasteiger partial charge in [-0.15, -0.1) is 0 Å². The fourth-order valence-electron chi connectivity index (χ4n) is 0. The molecule has 0 aromatic heterocycles. The van der Waals surface area contributed by atoms with Crippen LogP contribution in [0.15, 0.2) is 0 Å². The van der Waals surface area contributed by atoms with Gasteiger partial charge >= 0.3 is 11.4 Å². The second kappa shape index (κ2) is 3.40. The van der Waals surface area contributed by atoms with Gasteiger partial charge in [0.1, 0.15) is 0 Å². The first-order valence-corrected chi connectivity index (χ1v) is 1.62. The van der Waals surface area contributed by atoms with Gasteiger partial charge in [0.05, 0.1) is 0 Å². The summed E-state index contributed by atoms with van der Waals surface area (Å²) in [6.45, 7) is 0. The summed E-state index contributed by atoms with van der Waals surface area (Å²) in [5.74, 6) is -2.32. The van der Waals surface area contributed by atoms with Gasteiger partial charge in [0.15, 0.2) is 0 Å². The number of carboxylic acid groups (broad SMARTS) is 1. The van der Waals surface area contributed by atoms with E-state index in [-0.39, 0.29) is 22.4 Å². The molecule has 1 radical (unpaired) electrons. The third-order valence-electron chi connectivity index (χ3n) is 0.243. The van der Waals surface area contributed by atoms with E-state index in [0.717, 1.165) is 0 Å². The molecule has 1 N–H and O–H groups in total. The van der Waals surface area contributed by atoms with Crippen LogP contribution in [0, 0.1) is 0 Å². The van der Waals surface area contributed by atoms with Crippen LogP contribution in [-0.2, 0) is 27.2 Å². The van der Waals surface area contributed by atoms with E-state index in [0.29, 0.717) is 0 Å². The summed E-state index contributed by atoms with van der Waals surface area (Å²) >= 11 is 3.94. The first-order chi connectivity index (χ1) is 2.94. The maximum atomic E-state index is 11.0. The van der Waals surface area contributed by atoms with E-state index in [1.807, 2.05) is 0 Å². The van der Waals surface area contributed by atoms with E-state index in [2.05, 4.69) is 11.6 Å². The van der Waals surface area contributed by atoms with Crippen molar-refractivity contribution >= 4 is 17.6 Å². The Morgan fingerprint density at radius 2 is 1.75 bits per heavy atom. The second-order valence-corrected chi connectivity index (χ2v) is 1.28.